The van der Waals surface area contributed by atoms with Crippen LogP contribution in [-0.2, 0) is 9.53 Å². The highest BCUT2D eigenvalue weighted by atomic mass is 16.5. The molecular weight excluding hydrogens is 426 g/mol. The number of fused-ring (bicyclic) bond motifs is 5. The third kappa shape index (κ3) is 5.11. The maximum Gasteiger partial charge on any atom is 0.303 e. The van der Waals surface area contributed by atoms with Gasteiger partial charge in [0.05, 0.1) is 12.6 Å². The van der Waals surface area contributed by atoms with Gasteiger partial charge in [-0.1, -0.05) is 25.9 Å². The molecular formula is C29H49NO4. The molecule has 4 aliphatic carbocycles. The number of hydrogen-bond acceptors (Lipinski definition) is 4. The van der Waals surface area contributed by atoms with E-state index in [-0.39, 0.29) is 0 Å². The van der Waals surface area contributed by atoms with Crippen molar-refractivity contribution in [3.63, 3.8) is 0 Å². The Balaban J connectivity index is 1.33. The molecule has 0 aromatic rings. The number of carbonyl (C=O) groups is 1. The molecule has 0 aromatic carbocycles. The lowest BCUT2D eigenvalue weighted by Crippen LogP contribution is -2.54. The predicted octanol–water partition coefficient (Wildman–Crippen LogP) is 7.47. The van der Waals surface area contributed by atoms with Crippen LogP contribution in [0.25, 0.3) is 0 Å². The Hall–Kier alpha value is -0.970. The van der Waals surface area contributed by atoms with Gasteiger partial charge in [-0.15, -0.1) is 0 Å². The summed E-state index contributed by atoms with van der Waals surface area (Å²) in [5.41, 5.74) is 0.898. The molecule has 4 aliphatic rings. The molecule has 0 spiro atoms. The third-order valence-corrected chi connectivity index (χ3v) is 11.4. The molecule has 0 radical (unpaired) electrons. The smallest absolute Gasteiger partial charge is 0.303 e. The van der Waals surface area contributed by atoms with Gasteiger partial charge in [-0.2, -0.15) is 4.91 Å². The first-order valence-electron chi connectivity index (χ1n) is 14.4. The third-order valence-electron chi connectivity index (χ3n) is 11.4. The van der Waals surface area contributed by atoms with E-state index in [0.717, 1.165) is 56.0 Å². The number of aliphatic carboxylic acids is 1. The summed E-state index contributed by atoms with van der Waals surface area (Å²) in [7, 11) is 0. The highest BCUT2D eigenvalue weighted by Crippen LogP contribution is 2.68. The average molecular weight is 476 g/mol. The lowest BCUT2D eigenvalue weighted by Gasteiger charge is -2.61. The van der Waals surface area contributed by atoms with Crippen LogP contribution in [0.15, 0.2) is 5.18 Å². The van der Waals surface area contributed by atoms with E-state index in [1.807, 2.05) is 0 Å². The van der Waals surface area contributed by atoms with Crippen molar-refractivity contribution in [1.82, 2.24) is 0 Å². The Morgan fingerprint density at radius 3 is 2.53 bits per heavy atom. The van der Waals surface area contributed by atoms with Crippen LogP contribution in [0.3, 0.4) is 0 Å². The van der Waals surface area contributed by atoms with Crippen LogP contribution < -0.4 is 0 Å². The first-order valence-corrected chi connectivity index (χ1v) is 14.4. The van der Waals surface area contributed by atoms with Gasteiger partial charge in [-0.05, 0) is 130 Å². The van der Waals surface area contributed by atoms with E-state index in [9.17, 15) is 14.8 Å². The number of nitrogens with zero attached hydrogens (tertiary/aromatic N) is 1. The average Bonchev–Trinajstić information content (AvgIpc) is 3.17. The first-order chi connectivity index (χ1) is 16.3. The Kier molecular flexibility index (Phi) is 8.42. The van der Waals surface area contributed by atoms with Gasteiger partial charge >= 0.3 is 5.97 Å². The SMILES string of the molecule is C[C@H](CCC(=O)O)[C@H]1CC[C@H]2C3CCC4C[C@H](OCCCCCN=O)CC[C@]4(C)[C@H]3CC[C@]12C. The van der Waals surface area contributed by atoms with E-state index in [1.54, 1.807) is 0 Å². The van der Waals surface area contributed by atoms with Crippen molar-refractivity contribution in [2.45, 2.75) is 117 Å². The summed E-state index contributed by atoms with van der Waals surface area (Å²) in [6.07, 6.45) is 16.5. The molecule has 5 nitrogen and oxygen atoms in total. The van der Waals surface area contributed by atoms with Gasteiger partial charge in [0.25, 0.3) is 0 Å². The number of carboxylic acids is 1. The van der Waals surface area contributed by atoms with Crippen LogP contribution in [0.5, 0.6) is 0 Å². The minimum Gasteiger partial charge on any atom is -0.481 e. The van der Waals surface area contributed by atoms with E-state index in [1.165, 1.54) is 57.8 Å². The van der Waals surface area contributed by atoms with Gasteiger partial charge in [-0.25, -0.2) is 0 Å². The highest BCUT2D eigenvalue weighted by molar-refractivity contribution is 5.66. The fraction of sp³-hybridized carbons (Fsp3) is 0.966. The Bertz CT molecular complexity index is 712. The molecule has 1 N–H and O–H groups in total. The molecule has 0 saturated heterocycles. The largest absolute Gasteiger partial charge is 0.481 e. The second-order valence-electron chi connectivity index (χ2n) is 13.0. The van der Waals surface area contributed by atoms with Crippen molar-refractivity contribution in [3.05, 3.63) is 4.91 Å². The number of hydrogen-bond donors (Lipinski definition) is 1. The summed E-state index contributed by atoms with van der Waals surface area (Å²) in [6, 6.07) is 0. The quantitative estimate of drug-likeness (QED) is 0.248. The molecule has 0 heterocycles. The summed E-state index contributed by atoms with van der Waals surface area (Å²) in [5, 5.41) is 12.1. The molecule has 0 amide bonds. The predicted molar refractivity (Wildman–Crippen MR) is 136 cm³/mol. The standard InChI is InChI=1S/C29H49NO4/c1-20(7-12-27(31)32)24-10-11-25-23-9-8-21-19-22(34-18-6-4-5-17-30-33)13-15-28(21,2)26(23)14-16-29(24,25)3/h20-26H,4-19H2,1-3H3,(H,31,32)/t20-,21?,22-,23?,24-,25+,26+,28+,29-/m1/s1. The van der Waals surface area contributed by atoms with E-state index in [2.05, 4.69) is 25.9 Å². The molecule has 2 unspecified atom stereocenters. The number of unbranched alkanes of at least 4 members (excludes halogenated alkanes) is 2. The van der Waals surface area contributed by atoms with Crippen molar-refractivity contribution in [2.75, 3.05) is 13.2 Å². The topological polar surface area (TPSA) is 76.0 Å². The fourth-order valence-electron chi connectivity index (χ4n) is 9.60. The summed E-state index contributed by atoms with van der Waals surface area (Å²) >= 11 is 0. The molecule has 4 rings (SSSR count). The van der Waals surface area contributed by atoms with E-state index in [4.69, 9.17) is 4.74 Å². The second-order valence-corrected chi connectivity index (χ2v) is 13.0. The van der Waals surface area contributed by atoms with Gasteiger partial charge < -0.3 is 9.84 Å². The Morgan fingerprint density at radius 2 is 1.76 bits per heavy atom. The van der Waals surface area contributed by atoms with Crippen LogP contribution in [0, 0.1) is 51.2 Å². The number of carboxylic acid groups (broad SMARTS) is 1. The Labute approximate surface area is 207 Å². The highest BCUT2D eigenvalue weighted by Gasteiger charge is 2.60. The van der Waals surface area contributed by atoms with Crippen LogP contribution in [0.2, 0.25) is 0 Å². The zero-order valence-electron chi connectivity index (χ0n) is 22.0. The van der Waals surface area contributed by atoms with E-state index < -0.39 is 5.97 Å². The van der Waals surface area contributed by atoms with Crippen LogP contribution in [-0.4, -0.2) is 30.3 Å². The number of ether oxygens (including phenoxy) is 1. The molecule has 34 heavy (non-hydrogen) atoms. The van der Waals surface area contributed by atoms with Crippen LogP contribution in [0.4, 0.5) is 0 Å². The van der Waals surface area contributed by atoms with Crippen LogP contribution >= 0.6 is 0 Å². The zero-order valence-corrected chi connectivity index (χ0v) is 22.0. The maximum atomic E-state index is 11.2. The summed E-state index contributed by atoms with van der Waals surface area (Å²) < 4.78 is 6.31. The molecule has 4 fully saturated rings. The van der Waals surface area contributed by atoms with Gasteiger partial charge in [0.15, 0.2) is 0 Å². The van der Waals surface area contributed by atoms with E-state index in [0.29, 0.717) is 41.7 Å². The van der Waals surface area contributed by atoms with Crippen molar-refractivity contribution < 1.29 is 14.6 Å². The molecule has 4 saturated carbocycles. The van der Waals surface area contributed by atoms with Crippen LogP contribution in [0.1, 0.15) is 111 Å². The van der Waals surface area contributed by atoms with Crippen molar-refractivity contribution in [2.24, 2.45) is 51.5 Å². The van der Waals surface area contributed by atoms with Crippen molar-refractivity contribution in [3.8, 4) is 0 Å². The minimum atomic E-state index is -0.642. The Morgan fingerprint density at radius 1 is 1.00 bits per heavy atom. The minimum absolute atomic E-state index is 0.323. The first kappa shape index (κ1) is 26.1. The normalized spacial score (nSPS) is 42.3. The summed E-state index contributed by atoms with van der Waals surface area (Å²) in [4.78, 5) is 21.4. The molecule has 0 aliphatic heterocycles. The number of rotatable bonds is 11. The molecule has 0 aromatic heterocycles. The van der Waals surface area contributed by atoms with Crippen molar-refractivity contribution >= 4 is 5.97 Å². The second kappa shape index (κ2) is 11.0. The zero-order chi connectivity index (χ0) is 24.3. The van der Waals surface area contributed by atoms with Gasteiger partial charge in [0.1, 0.15) is 0 Å². The lowest BCUT2D eigenvalue weighted by molar-refractivity contribution is -0.139. The van der Waals surface area contributed by atoms with Crippen molar-refractivity contribution in [1.29, 1.82) is 0 Å². The summed E-state index contributed by atoms with van der Waals surface area (Å²) in [5.74, 6) is 3.98. The van der Waals surface area contributed by atoms with Gasteiger partial charge in [0.2, 0.25) is 0 Å². The lowest BCUT2D eigenvalue weighted by atomic mass is 9.44. The van der Waals surface area contributed by atoms with Gasteiger partial charge in [0, 0.05) is 13.0 Å². The molecule has 5 heteroatoms. The van der Waals surface area contributed by atoms with E-state index >= 15 is 0 Å². The summed E-state index contributed by atoms with van der Waals surface area (Å²) in [6.45, 7) is 8.80. The molecule has 194 valence electrons. The monoisotopic (exact) mass is 475 g/mol. The maximum absolute atomic E-state index is 11.2. The fourth-order valence-corrected chi connectivity index (χ4v) is 9.60. The van der Waals surface area contributed by atoms with Gasteiger partial charge in [-0.3, -0.25) is 4.79 Å². The number of nitroso groups, excluding NO2 is 1. The molecule has 9 atom stereocenters. The molecule has 0 bridgehead atoms.